The van der Waals surface area contributed by atoms with E-state index in [2.05, 4.69) is 5.32 Å². The van der Waals surface area contributed by atoms with E-state index in [1.165, 1.54) is 25.7 Å². The average molecular weight is 252 g/mol. The lowest BCUT2D eigenvalue weighted by Gasteiger charge is -2.47. The molecule has 0 spiro atoms. The fourth-order valence-corrected chi connectivity index (χ4v) is 3.77. The number of nitrogens with one attached hydrogen (secondary N) is 1. The van der Waals surface area contributed by atoms with Crippen LogP contribution in [0.3, 0.4) is 0 Å². The third kappa shape index (κ3) is 2.05. The number of likely N-dealkylation sites (tertiary alicyclic amines) is 1. The first kappa shape index (κ1) is 12.4. The van der Waals surface area contributed by atoms with Crippen LogP contribution < -0.4 is 5.32 Å². The molecule has 0 radical (unpaired) electrons. The van der Waals surface area contributed by atoms with Gasteiger partial charge in [-0.05, 0) is 31.6 Å². The lowest BCUT2D eigenvalue weighted by molar-refractivity contribution is -0.157. The first-order valence-corrected chi connectivity index (χ1v) is 7.38. The zero-order valence-electron chi connectivity index (χ0n) is 11.2. The molecule has 3 unspecified atom stereocenters. The second-order valence-electron chi connectivity index (χ2n) is 6.38. The molecule has 18 heavy (non-hydrogen) atoms. The summed E-state index contributed by atoms with van der Waals surface area (Å²) in [6.07, 6.45) is 6.87. The molecule has 0 aromatic heterocycles. The molecular formula is C14H24N2O2. The van der Waals surface area contributed by atoms with Crippen molar-refractivity contribution in [1.82, 2.24) is 10.2 Å². The van der Waals surface area contributed by atoms with Crippen LogP contribution in [-0.2, 0) is 4.79 Å². The Balaban J connectivity index is 1.55. The smallest absolute Gasteiger partial charge is 0.239 e. The molecule has 3 rings (SSSR count). The fourth-order valence-electron chi connectivity index (χ4n) is 3.77. The minimum atomic E-state index is -0.610. The van der Waals surface area contributed by atoms with Gasteiger partial charge in [-0.15, -0.1) is 0 Å². The normalized spacial score (nSPS) is 38.1. The second-order valence-corrected chi connectivity index (χ2v) is 6.38. The summed E-state index contributed by atoms with van der Waals surface area (Å²) in [5, 5.41) is 13.5. The van der Waals surface area contributed by atoms with Crippen molar-refractivity contribution in [3.05, 3.63) is 0 Å². The lowest BCUT2D eigenvalue weighted by atomic mass is 9.84. The predicted molar refractivity (Wildman–Crippen MR) is 69.1 cm³/mol. The molecule has 3 aliphatic rings. The van der Waals surface area contributed by atoms with E-state index < -0.39 is 5.60 Å². The highest BCUT2D eigenvalue weighted by atomic mass is 16.3. The summed E-state index contributed by atoms with van der Waals surface area (Å²) in [5.74, 6) is 0.918. The number of nitrogens with zero attached hydrogens (tertiary/aromatic N) is 1. The number of hydrogen-bond acceptors (Lipinski definition) is 3. The van der Waals surface area contributed by atoms with Gasteiger partial charge in [0.1, 0.15) is 0 Å². The molecule has 4 heteroatoms. The topological polar surface area (TPSA) is 52.6 Å². The Bertz CT molecular complexity index is 325. The van der Waals surface area contributed by atoms with Gasteiger partial charge < -0.3 is 15.3 Å². The molecule has 102 valence electrons. The van der Waals surface area contributed by atoms with Gasteiger partial charge >= 0.3 is 0 Å². The molecule has 0 aromatic rings. The van der Waals surface area contributed by atoms with Gasteiger partial charge in [0.15, 0.2) is 0 Å². The number of aliphatic hydroxyl groups is 1. The molecule has 1 saturated carbocycles. The zero-order valence-corrected chi connectivity index (χ0v) is 11.2. The summed E-state index contributed by atoms with van der Waals surface area (Å²) >= 11 is 0. The molecule has 2 saturated heterocycles. The van der Waals surface area contributed by atoms with Crippen molar-refractivity contribution in [2.75, 3.05) is 13.1 Å². The highest BCUT2D eigenvalue weighted by Gasteiger charge is 2.46. The Morgan fingerprint density at radius 1 is 1.39 bits per heavy atom. The molecule has 3 fully saturated rings. The second kappa shape index (κ2) is 4.49. The quantitative estimate of drug-likeness (QED) is 0.767. The van der Waals surface area contributed by atoms with Crippen molar-refractivity contribution in [2.45, 2.75) is 63.1 Å². The molecule has 2 heterocycles. The van der Waals surface area contributed by atoms with Gasteiger partial charge in [-0.25, -0.2) is 0 Å². The van der Waals surface area contributed by atoms with E-state index in [9.17, 15) is 9.90 Å². The van der Waals surface area contributed by atoms with Crippen molar-refractivity contribution < 1.29 is 9.90 Å². The maximum Gasteiger partial charge on any atom is 0.239 e. The van der Waals surface area contributed by atoms with Gasteiger partial charge in [0.25, 0.3) is 0 Å². The molecule has 2 aliphatic heterocycles. The first-order chi connectivity index (χ1) is 8.61. The summed E-state index contributed by atoms with van der Waals surface area (Å²) < 4.78 is 0. The average Bonchev–Trinajstić information content (AvgIpc) is 2.77. The van der Waals surface area contributed by atoms with Gasteiger partial charge in [0.2, 0.25) is 5.91 Å². The van der Waals surface area contributed by atoms with Crippen molar-refractivity contribution in [3.63, 3.8) is 0 Å². The van der Waals surface area contributed by atoms with Gasteiger partial charge in [-0.1, -0.05) is 19.8 Å². The SMILES string of the molecule is CCC1(O)CN(C(=O)C2CC3CCCCC3N2)C1. The maximum absolute atomic E-state index is 12.3. The monoisotopic (exact) mass is 252 g/mol. The summed E-state index contributed by atoms with van der Waals surface area (Å²) in [5.41, 5.74) is -0.610. The van der Waals surface area contributed by atoms with E-state index in [1.807, 2.05) is 11.8 Å². The van der Waals surface area contributed by atoms with E-state index in [4.69, 9.17) is 0 Å². The first-order valence-electron chi connectivity index (χ1n) is 7.38. The van der Waals surface area contributed by atoms with Crippen LogP contribution >= 0.6 is 0 Å². The fraction of sp³-hybridized carbons (Fsp3) is 0.929. The number of fused-ring (bicyclic) bond motifs is 1. The van der Waals surface area contributed by atoms with E-state index in [0.717, 1.165) is 12.8 Å². The molecule has 1 amide bonds. The van der Waals surface area contributed by atoms with Crippen LogP contribution in [-0.4, -0.2) is 46.7 Å². The highest BCUT2D eigenvalue weighted by molar-refractivity contribution is 5.83. The standard InChI is InChI=1S/C14H24N2O2/c1-2-14(18)8-16(9-14)13(17)12-7-10-5-3-4-6-11(10)15-12/h10-12,15,18H,2-9H2,1H3. The van der Waals surface area contributed by atoms with Gasteiger partial charge in [0.05, 0.1) is 24.7 Å². The van der Waals surface area contributed by atoms with Crippen LogP contribution in [0.5, 0.6) is 0 Å². The van der Waals surface area contributed by atoms with Crippen LogP contribution in [0.1, 0.15) is 45.4 Å². The summed E-state index contributed by atoms with van der Waals surface area (Å²) in [6.45, 7) is 3.02. The van der Waals surface area contributed by atoms with E-state index in [-0.39, 0.29) is 11.9 Å². The Hall–Kier alpha value is -0.610. The zero-order chi connectivity index (χ0) is 12.8. The Morgan fingerprint density at radius 2 is 2.11 bits per heavy atom. The van der Waals surface area contributed by atoms with Crippen LogP contribution in [0.25, 0.3) is 0 Å². The van der Waals surface area contributed by atoms with Gasteiger partial charge in [0, 0.05) is 6.04 Å². The number of β-amino-alcohol motifs (C(OH)–C–C–N with tert-alkyl or cyclic N) is 1. The Labute approximate surface area is 109 Å². The number of amides is 1. The molecule has 4 nitrogen and oxygen atoms in total. The predicted octanol–water partition coefficient (Wildman–Crippen LogP) is 0.890. The summed E-state index contributed by atoms with van der Waals surface area (Å²) in [7, 11) is 0. The number of rotatable bonds is 2. The van der Waals surface area contributed by atoms with Gasteiger partial charge in [-0.3, -0.25) is 4.79 Å². The third-order valence-electron chi connectivity index (χ3n) is 5.10. The largest absolute Gasteiger partial charge is 0.386 e. The molecule has 3 atom stereocenters. The third-order valence-corrected chi connectivity index (χ3v) is 5.10. The van der Waals surface area contributed by atoms with E-state index >= 15 is 0 Å². The molecular weight excluding hydrogens is 228 g/mol. The number of hydrogen-bond donors (Lipinski definition) is 2. The van der Waals surface area contributed by atoms with Crippen LogP contribution in [0.4, 0.5) is 0 Å². The summed E-state index contributed by atoms with van der Waals surface area (Å²) in [4.78, 5) is 14.1. The van der Waals surface area contributed by atoms with Crippen molar-refractivity contribution in [2.24, 2.45) is 5.92 Å². The number of carbonyl (C=O) groups excluding carboxylic acids is 1. The van der Waals surface area contributed by atoms with Crippen LogP contribution in [0, 0.1) is 5.92 Å². The van der Waals surface area contributed by atoms with Crippen molar-refractivity contribution in [1.29, 1.82) is 0 Å². The van der Waals surface area contributed by atoms with E-state index in [1.54, 1.807) is 0 Å². The Morgan fingerprint density at radius 3 is 2.78 bits per heavy atom. The number of carbonyl (C=O) groups is 1. The van der Waals surface area contributed by atoms with Crippen molar-refractivity contribution in [3.8, 4) is 0 Å². The highest BCUT2D eigenvalue weighted by Crippen LogP contribution is 2.35. The lowest BCUT2D eigenvalue weighted by Crippen LogP contribution is -2.65. The maximum atomic E-state index is 12.3. The Kier molecular flexibility index (Phi) is 3.10. The van der Waals surface area contributed by atoms with Crippen molar-refractivity contribution >= 4 is 5.91 Å². The molecule has 2 N–H and O–H groups in total. The minimum absolute atomic E-state index is 0.0134. The van der Waals surface area contributed by atoms with Crippen LogP contribution in [0.15, 0.2) is 0 Å². The summed E-state index contributed by atoms with van der Waals surface area (Å²) in [6, 6.07) is 0.582. The van der Waals surface area contributed by atoms with Gasteiger partial charge in [-0.2, -0.15) is 0 Å². The van der Waals surface area contributed by atoms with Crippen LogP contribution in [0.2, 0.25) is 0 Å². The minimum Gasteiger partial charge on any atom is -0.386 e. The molecule has 1 aliphatic carbocycles. The molecule has 0 bridgehead atoms. The van der Waals surface area contributed by atoms with E-state index in [0.29, 0.717) is 25.0 Å². The molecule has 0 aromatic carbocycles.